The van der Waals surface area contributed by atoms with Crippen LogP contribution in [0.4, 0.5) is 0 Å². The second kappa shape index (κ2) is 6.65. The van der Waals surface area contributed by atoms with Gasteiger partial charge in [0, 0.05) is 13.1 Å². The van der Waals surface area contributed by atoms with Crippen LogP contribution in [0.1, 0.15) is 27.9 Å². The predicted octanol–water partition coefficient (Wildman–Crippen LogP) is 1.20. The van der Waals surface area contributed by atoms with Crippen molar-refractivity contribution in [2.45, 2.75) is 13.5 Å². The van der Waals surface area contributed by atoms with Gasteiger partial charge in [0.2, 0.25) is 0 Å². The van der Waals surface area contributed by atoms with Gasteiger partial charge in [-0.05, 0) is 36.9 Å². The number of carbonyl (C=O) groups is 2. The first-order valence-electron chi connectivity index (χ1n) is 5.54. The van der Waals surface area contributed by atoms with Gasteiger partial charge in [-0.15, -0.1) is 0 Å². The Kier molecular flexibility index (Phi) is 5.49. The summed E-state index contributed by atoms with van der Waals surface area (Å²) in [6, 6.07) is 0. The minimum Gasteiger partial charge on any atom is -0.460 e. The van der Waals surface area contributed by atoms with Crippen molar-refractivity contribution < 1.29 is 14.3 Å². The van der Waals surface area contributed by atoms with E-state index in [4.69, 9.17) is 4.74 Å². The molecule has 7 heteroatoms. The molecule has 1 aromatic heterocycles. The molecule has 0 aliphatic heterocycles. The number of rotatable bonds is 6. The van der Waals surface area contributed by atoms with Gasteiger partial charge in [-0.2, -0.15) is 0 Å². The van der Waals surface area contributed by atoms with E-state index < -0.39 is 5.97 Å². The van der Waals surface area contributed by atoms with E-state index in [1.54, 1.807) is 4.57 Å². The van der Waals surface area contributed by atoms with Crippen LogP contribution in [-0.2, 0) is 11.3 Å². The second-order valence-corrected chi connectivity index (χ2v) is 4.63. The zero-order valence-corrected chi connectivity index (χ0v) is 12.2. The van der Waals surface area contributed by atoms with Gasteiger partial charge in [0.25, 0.3) is 0 Å². The third-order valence-corrected chi connectivity index (χ3v) is 2.95. The Morgan fingerprint density at radius 1 is 1.56 bits per heavy atom. The molecule has 0 aliphatic rings. The number of carbonyl (C=O) groups excluding carboxylic acids is 2. The van der Waals surface area contributed by atoms with Crippen LogP contribution >= 0.6 is 15.9 Å². The summed E-state index contributed by atoms with van der Waals surface area (Å²) in [7, 11) is 3.77. The Hall–Kier alpha value is -1.21. The summed E-state index contributed by atoms with van der Waals surface area (Å²) in [5.41, 5.74) is 0.289. The molecule has 0 bridgehead atoms. The number of esters is 1. The average Bonchev–Trinajstić information content (AvgIpc) is 2.64. The van der Waals surface area contributed by atoms with Crippen LogP contribution in [0.25, 0.3) is 0 Å². The SMILES string of the molecule is CCn1c(Br)nc(C=O)c1C(=O)OCCN(C)C. The maximum absolute atomic E-state index is 11.9. The van der Waals surface area contributed by atoms with Crippen LogP contribution in [0.15, 0.2) is 4.73 Å². The summed E-state index contributed by atoms with van der Waals surface area (Å²) < 4.78 is 7.17. The zero-order chi connectivity index (χ0) is 13.7. The molecule has 1 heterocycles. The minimum absolute atomic E-state index is 0.0959. The number of imidazole rings is 1. The molecule has 0 unspecified atom stereocenters. The van der Waals surface area contributed by atoms with Gasteiger partial charge in [0.15, 0.2) is 16.7 Å². The molecule has 0 amide bonds. The lowest BCUT2D eigenvalue weighted by molar-refractivity contribution is 0.0467. The number of halogens is 1. The van der Waals surface area contributed by atoms with Crippen LogP contribution in [0.3, 0.4) is 0 Å². The van der Waals surface area contributed by atoms with E-state index in [0.717, 1.165) is 0 Å². The number of hydrogen-bond donors (Lipinski definition) is 0. The highest BCUT2D eigenvalue weighted by atomic mass is 79.9. The van der Waals surface area contributed by atoms with Gasteiger partial charge in [-0.1, -0.05) is 0 Å². The number of aromatic nitrogens is 2. The van der Waals surface area contributed by atoms with Crippen molar-refractivity contribution in [2.75, 3.05) is 27.2 Å². The second-order valence-electron chi connectivity index (χ2n) is 3.92. The van der Waals surface area contributed by atoms with Crippen molar-refractivity contribution in [3.63, 3.8) is 0 Å². The molecule has 0 atom stereocenters. The highest BCUT2D eigenvalue weighted by Crippen LogP contribution is 2.16. The first-order chi connectivity index (χ1) is 8.51. The molecule has 0 radical (unpaired) electrons. The Labute approximate surface area is 114 Å². The monoisotopic (exact) mass is 317 g/mol. The van der Waals surface area contributed by atoms with Gasteiger partial charge in [-0.3, -0.25) is 4.79 Å². The fourth-order valence-corrected chi connectivity index (χ4v) is 2.04. The average molecular weight is 318 g/mol. The summed E-state index contributed by atoms with van der Waals surface area (Å²) in [6.07, 6.45) is 0.555. The third-order valence-electron chi connectivity index (χ3n) is 2.34. The van der Waals surface area contributed by atoms with Crippen molar-refractivity contribution >= 4 is 28.2 Å². The molecule has 1 rings (SSSR count). The maximum atomic E-state index is 11.9. The Morgan fingerprint density at radius 2 is 2.22 bits per heavy atom. The molecule has 0 N–H and O–H groups in total. The quantitative estimate of drug-likeness (QED) is 0.582. The lowest BCUT2D eigenvalue weighted by atomic mass is 10.3. The largest absolute Gasteiger partial charge is 0.460 e. The van der Waals surface area contributed by atoms with Crippen molar-refractivity contribution in [2.24, 2.45) is 0 Å². The van der Waals surface area contributed by atoms with E-state index in [1.807, 2.05) is 25.9 Å². The van der Waals surface area contributed by atoms with Gasteiger partial charge < -0.3 is 14.2 Å². The van der Waals surface area contributed by atoms with Gasteiger partial charge in [0.1, 0.15) is 12.3 Å². The van der Waals surface area contributed by atoms with Crippen LogP contribution in [0, 0.1) is 0 Å². The Morgan fingerprint density at radius 3 is 2.72 bits per heavy atom. The fourth-order valence-electron chi connectivity index (χ4n) is 1.42. The zero-order valence-electron chi connectivity index (χ0n) is 10.6. The lowest BCUT2D eigenvalue weighted by Crippen LogP contribution is -2.22. The molecular weight excluding hydrogens is 302 g/mol. The molecule has 18 heavy (non-hydrogen) atoms. The molecule has 0 aromatic carbocycles. The van der Waals surface area contributed by atoms with E-state index in [0.29, 0.717) is 24.1 Å². The van der Waals surface area contributed by atoms with Gasteiger partial charge >= 0.3 is 5.97 Å². The standard InChI is InChI=1S/C11H16BrN3O3/c1-4-15-9(8(7-16)13-11(15)12)10(17)18-6-5-14(2)3/h7H,4-6H2,1-3H3. The number of aldehydes is 1. The van der Waals surface area contributed by atoms with Crippen LogP contribution in [0.2, 0.25) is 0 Å². The summed E-state index contributed by atoms with van der Waals surface area (Å²) in [5.74, 6) is -0.529. The molecule has 0 aliphatic carbocycles. The van der Waals surface area contributed by atoms with Crippen LogP contribution in [-0.4, -0.2) is 54.0 Å². The van der Waals surface area contributed by atoms with E-state index in [2.05, 4.69) is 20.9 Å². The molecule has 100 valence electrons. The number of likely N-dealkylation sites (N-methyl/N-ethyl adjacent to an activating group) is 1. The lowest BCUT2D eigenvalue weighted by Gasteiger charge is -2.11. The smallest absolute Gasteiger partial charge is 0.357 e. The third kappa shape index (κ3) is 3.39. The van der Waals surface area contributed by atoms with Crippen molar-refractivity contribution in [1.82, 2.24) is 14.5 Å². The number of nitrogens with zero attached hydrogens (tertiary/aromatic N) is 3. The minimum atomic E-state index is -0.529. The van der Waals surface area contributed by atoms with Crippen molar-refractivity contribution in [3.8, 4) is 0 Å². The molecular formula is C11H16BrN3O3. The van der Waals surface area contributed by atoms with Crippen molar-refractivity contribution in [1.29, 1.82) is 0 Å². The predicted molar refractivity (Wildman–Crippen MR) is 69.8 cm³/mol. The summed E-state index contributed by atoms with van der Waals surface area (Å²) in [5, 5.41) is 0. The van der Waals surface area contributed by atoms with E-state index in [9.17, 15) is 9.59 Å². The maximum Gasteiger partial charge on any atom is 0.357 e. The van der Waals surface area contributed by atoms with Crippen LogP contribution in [0.5, 0.6) is 0 Å². The highest BCUT2D eigenvalue weighted by Gasteiger charge is 2.22. The number of ether oxygens (including phenoxy) is 1. The Balaban J connectivity index is 2.86. The highest BCUT2D eigenvalue weighted by molar-refractivity contribution is 9.10. The topological polar surface area (TPSA) is 64.4 Å². The van der Waals surface area contributed by atoms with E-state index in [1.165, 1.54) is 0 Å². The molecule has 0 fully saturated rings. The summed E-state index contributed by atoms with van der Waals surface area (Å²) in [6.45, 7) is 3.29. The van der Waals surface area contributed by atoms with E-state index in [-0.39, 0.29) is 18.0 Å². The molecule has 0 saturated heterocycles. The number of hydrogen-bond acceptors (Lipinski definition) is 5. The Bertz CT molecular complexity index is 443. The van der Waals surface area contributed by atoms with Gasteiger partial charge in [0.05, 0.1) is 0 Å². The normalized spacial score (nSPS) is 10.7. The summed E-state index contributed by atoms with van der Waals surface area (Å²) >= 11 is 3.21. The van der Waals surface area contributed by atoms with Crippen LogP contribution < -0.4 is 0 Å². The van der Waals surface area contributed by atoms with E-state index >= 15 is 0 Å². The molecule has 0 spiro atoms. The first-order valence-corrected chi connectivity index (χ1v) is 6.33. The molecule has 1 aromatic rings. The summed E-state index contributed by atoms with van der Waals surface area (Å²) in [4.78, 5) is 28.7. The van der Waals surface area contributed by atoms with Crippen molar-refractivity contribution in [3.05, 3.63) is 16.1 Å². The van der Waals surface area contributed by atoms with Gasteiger partial charge in [-0.25, -0.2) is 9.78 Å². The molecule has 6 nitrogen and oxygen atoms in total. The molecule has 0 saturated carbocycles. The first kappa shape index (κ1) is 14.8. The fraction of sp³-hybridized carbons (Fsp3) is 0.545.